The highest BCUT2D eigenvalue weighted by Gasteiger charge is 2.16. The molecular weight excluding hydrogens is 412 g/mol. The number of hydrogen-bond acceptors (Lipinski definition) is 3. The number of carboxylic acids is 1. The van der Waals surface area contributed by atoms with Crippen molar-refractivity contribution in [3.8, 4) is 0 Å². The van der Waals surface area contributed by atoms with Crippen LogP contribution >= 0.6 is 47.8 Å². The number of halogens is 3. The van der Waals surface area contributed by atoms with Crippen molar-refractivity contribution in [1.29, 1.82) is 0 Å². The number of carbonyl (C=O) groups is 2. The summed E-state index contributed by atoms with van der Waals surface area (Å²) in [7, 11) is 0. The summed E-state index contributed by atoms with van der Waals surface area (Å²) in [5.41, 5.74) is 0.252. The standard InChI is InChI=1S/C9H5Br3O4/c10-4-1-5(8(12)6(11)2-4)9(15)16-3-7(13)14/h1-2H,3H2,(H,13,14). The molecule has 1 aromatic rings. The number of aliphatic carboxylic acids is 1. The van der Waals surface area contributed by atoms with Gasteiger partial charge in [0.25, 0.3) is 0 Å². The molecule has 86 valence electrons. The summed E-state index contributed by atoms with van der Waals surface area (Å²) >= 11 is 9.67. The Bertz CT molecular complexity index is 445. The first-order valence-corrected chi connectivity index (χ1v) is 6.33. The molecule has 1 N–H and O–H groups in total. The van der Waals surface area contributed by atoms with Crippen molar-refractivity contribution in [1.82, 2.24) is 0 Å². The predicted octanol–water partition coefficient (Wildman–Crippen LogP) is 3.22. The van der Waals surface area contributed by atoms with Crippen molar-refractivity contribution in [3.63, 3.8) is 0 Å². The quantitative estimate of drug-likeness (QED) is 0.607. The lowest BCUT2D eigenvalue weighted by atomic mass is 10.2. The Balaban J connectivity index is 2.95. The lowest BCUT2D eigenvalue weighted by Crippen LogP contribution is -2.13. The van der Waals surface area contributed by atoms with Crippen molar-refractivity contribution >= 4 is 59.7 Å². The van der Waals surface area contributed by atoms with Crippen molar-refractivity contribution in [2.75, 3.05) is 6.61 Å². The Labute approximate surface area is 116 Å². The molecular formula is C9H5Br3O4. The van der Waals surface area contributed by atoms with E-state index in [-0.39, 0.29) is 5.56 Å². The fourth-order valence-corrected chi connectivity index (χ4v) is 2.53. The van der Waals surface area contributed by atoms with Crippen LogP contribution in [-0.4, -0.2) is 23.7 Å². The van der Waals surface area contributed by atoms with Gasteiger partial charge < -0.3 is 9.84 Å². The molecule has 0 atom stereocenters. The summed E-state index contributed by atoms with van der Waals surface area (Å²) in [6.07, 6.45) is 0. The van der Waals surface area contributed by atoms with E-state index in [4.69, 9.17) is 5.11 Å². The third-order valence-corrected chi connectivity index (χ3v) is 4.01. The molecule has 0 fully saturated rings. The van der Waals surface area contributed by atoms with E-state index in [1.54, 1.807) is 12.1 Å². The Kier molecular flexibility index (Phi) is 4.94. The molecule has 0 unspecified atom stereocenters. The van der Waals surface area contributed by atoms with Crippen LogP contribution in [0.4, 0.5) is 0 Å². The second-order valence-corrected chi connectivity index (χ2v) is 5.28. The monoisotopic (exact) mass is 414 g/mol. The Hall–Kier alpha value is -0.400. The van der Waals surface area contributed by atoms with Crippen LogP contribution in [0, 0.1) is 0 Å². The average molecular weight is 417 g/mol. The van der Waals surface area contributed by atoms with Gasteiger partial charge >= 0.3 is 11.9 Å². The second kappa shape index (κ2) is 5.79. The highest BCUT2D eigenvalue weighted by molar-refractivity contribution is 9.13. The smallest absolute Gasteiger partial charge is 0.341 e. The van der Waals surface area contributed by atoms with Gasteiger partial charge in [-0.2, -0.15) is 0 Å². The van der Waals surface area contributed by atoms with E-state index in [2.05, 4.69) is 52.5 Å². The van der Waals surface area contributed by atoms with Crippen molar-refractivity contribution in [3.05, 3.63) is 31.1 Å². The molecule has 0 bridgehead atoms. The van der Waals surface area contributed by atoms with Crippen LogP contribution in [0.5, 0.6) is 0 Å². The van der Waals surface area contributed by atoms with Crippen molar-refractivity contribution < 1.29 is 19.4 Å². The van der Waals surface area contributed by atoms with Gasteiger partial charge in [0.15, 0.2) is 6.61 Å². The normalized spacial score (nSPS) is 9.94. The molecule has 0 heterocycles. The molecule has 0 radical (unpaired) electrons. The van der Waals surface area contributed by atoms with Gasteiger partial charge in [-0.05, 0) is 44.0 Å². The van der Waals surface area contributed by atoms with Crippen LogP contribution in [0.15, 0.2) is 25.6 Å². The minimum Gasteiger partial charge on any atom is -0.479 e. The summed E-state index contributed by atoms with van der Waals surface area (Å²) < 4.78 is 6.45. The number of carboxylic acid groups (broad SMARTS) is 1. The third-order valence-electron chi connectivity index (χ3n) is 1.54. The van der Waals surface area contributed by atoms with Gasteiger partial charge in [0.2, 0.25) is 0 Å². The summed E-state index contributed by atoms with van der Waals surface area (Å²) in [5.74, 6) is -1.89. The maximum atomic E-state index is 11.5. The highest BCUT2D eigenvalue weighted by atomic mass is 79.9. The molecule has 0 aliphatic carbocycles. The van der Waals surface area contributed by atoms with Crippen LogP contribution in [0.1, 0.15) is 10.4 Å². The first kappa shape index (κ1) is 13.7. The molecule has 0 amide bonds. The zero-order valence-corrected chi connectivity index (χ0v) is 12.4. The fourth-order valence-electron chi connectivity index (χ4n) is 0.910. The SMILES string of the molecule is O=C(O)COC(=O)c1cc(Br)cc(Br)c1Br. The van der Waals surface area contributed by atoms with E-state index in [9.17, 15) is 9.59 Å². The molecule has 0 saturated carbocycles. The van der Waals surface area contributed by atoms with Crippen molar-refractivity contribution in [2.24, 2.45) is 0 Å². The van der Waals surface area contributed by atoms with Gasteiger partial charge in [-0.3, -0.25) is 0 Å². The van der Waals surface area contributed by atoms with Gasteiger partial charge in [0.05, 0.1) is 5.56 Å². The summed E-state index contributed by atoms with van der Waals surface area (Å²) in [6.45, 7) is -0.657. The van der Waals surface area contributed by atoms with E-state index in [1.165, 1.54) is 0 Å². The Morgan fingerprint density at radius 2 is 1.88 bits per heavy atom. The molecule has 0 aromatic heterocycles. The molecule has 0 saturated heterocycles. The number of carbonyl (C=O) groups excluding carboxylic acids is 1. The number of benzene rings is 1. The molecule has 7 heteroatoms. The molecule has 4 nitrogen and oxygen atoms in total. The number of ether oxygens (including phenoxy) is 1. The minimum atomic E-state index is -1.20. The van der Waals surface area contributed by atoms with Crippen LogP contribution in [0.3, 0.4) is 0 Å². The minimum absolute atomic E-state index is 0.252. The summed E-state index contributed by atoms with van der Waals surface area (Å²) in [5, 5.41) is 8.38. The van der Waals surface area contributed by atoms with Crippen LogP contribution < -0.4 is 0 Å². The topological polar surface area (TPSA) is 63.6 Å². The zero-order chi connectivity index (χ0) is 12.3. The lowest BCUT2D eigenvalue weighted by molar-refractivity contribution is -0.140. The van der Waals surface area contributed by atoms with Gasteiger partial charge in [0, 0.05) is 13.4 Å². The van der Waals surface area contributed by atoms with E-state index in [1.807, 2.05) is 0 Å². The van der Waals surface area contributed by atoms with Crippen LogP contribution in [-0.2, 0) is 9.53 Å². The molecule has 0 aliphatic rings. The van der Waals surface area contributed by atoms with E-state index < -0.39 is 18.5 Å². The summed E-state index contributed by atoms with van der Waals surface area (Å²) in [6, 6.07) is 3.29. The van der Waals surface area contributed by atoms with E-state index in [0.29, 0.717) is 13.4 Å². The van der Waals surface area contributed by atoms with E-state index in [0.717, 1.165) is 0 Å². The molecule has 16 heavy (non-hydrogen) atoms. The third kappa shape index (κ3) is 3.57. The maximum absolute atomic E-state index is 11.5. The Morgan fingerprint density at radius 3 is 2.44 bits per heavy atom. The number of rotatable bonds is 3. The van der Waals surface area contributed by atoms with Gasteiger partial charge in [-0.1, -0.05) is 15.9 Å². The average Bonchev–Trinajstić information content (AvgIpc) is 2.19. The second-order valence-electron chi connectivity index (χ2n) is 2.72. The van der Waals surface area contributed by atoms with Crippen LogP contribution in [0.2, 0.25) is 0 Å². The summed E-state index contributed by atoms with van der Waals surface area (Å²) in [4.78, 5) is 21.8. The first-order chi connectivity index (χ1) is 7.41. The van der Waals surface area contributed by atoms with Crippen molar-refractivity contribution in [2.45, 2.75) is 0 Å². The van der Waals surface area contributed by atoms with Gasteiger partial charge in [0.1, 0.15) is 0 Å². The van der Waals surface area contributed by atoms with Gasteiger partial charge in [-0.15, -0.1) is 0 Å². The maximum Gasteiger partial charge on any atom is 0.341 e. The highest BCUT2D eigenvalue weighted by Crippen LogP contribution is 2.31. The lowest BCUT2D eigenvalue weighted by Gasteiger charge is -2.06. The molecule has 0 spiro atoms. The molecule has 1 aromatic carbocycles. The van der Waals surface area contributed by atoms with Gasteiger partial charge in [-0.25, -0.2) is 9.59 Å². The largest absolute Gasteiger partial charge is 0.479 e. The predicted molar refractivity (Wildman–Crippen MR) is 67.5 cm³/mol. The molecule has 1 rings (SSSR count). The zero-order valence-electron chi connectivity index (χ0n) is 7.67. The number of hydrogen-bond donors (Lipinski definition) is 1. The van der Waals surface area contributed by atoms with Crippen LogP contribution in [0.25, 0.3) is 0 Å². The Morgan fingerprint density at radius 1 is 1.25 bits per heavy atom. The van der Waals surface area contributed by atoms with E-state index >= 15 is 0 Å². The number of esters is 1. The molecule has 0 aliphatic heterocycles. The fraction of sp³-hybridized carbons (Fsp3) is 0.111. The first-order valence-electron chi connectivity index (χ1n) is 3.95.